The molecule has 0 fully saturated rings. The van der Waals surface area contributed by atoms with Crippen LogP contribution in [0.2, 0.25) is 0 Å². The van der Waals surface area contributed by atoms with Crippen LogP contribution >= 0.6 is 0 Å². The molecular formula is C27H23N3O3. The highest BCUT2D eigenvalue weighted by Gasteiger charge is 2.13. The van der Waals surface area contributed by atoms with Crippen molar-refractivity contribution in [3.05, 3.63) is 108 Å². The van der Waals surface area contributed by atoms with Crippen LogP contribution in [0.3, 0.4) is 0 Å². The second-order valence-electron chi connectivity index (χ2n) is 7.50. The summed E-state index contributed by atoms with van der Waals surface area (Å²) in [5.74, 6) is -1.03. The maximum Gasteiger partial charge on any atom is 0.329 e. The topological polar surface area (TPSA) is 79.8 Å². The first-order chi connectivity index (χ1) is 16.1. The molecule has 0 aliphatic carbocycles. The number of nitrogens with zero attached hydrogens (tertiary/aromatic N) is 1. The molecule has 0 heterocycles. The van der Waals surface area contributed by atoms with Gasteiger partial charge in [0.1, 0.15) is 12.4 Å². The maximum atomic E-state index is 12.2. The van der Waals surface area contributed by atoms with Crippen molar-refractivity contribution in [2.24, 2.45) is 5.10 Å². The monoisotopic (exact) mass is 437 g/mol. The van der Waals surface area contributed by atoms with Crippen molar-refractivity contribution >= 4 is 34.5 Å². The van der Waals surface area contributed by atoms with E-state index in [2.05, 4.69) is 15.8 Å². The summed E-state index contributed by atoms with van der Waals surface area (Å²) in [5.41, 5.74) is 5.57. The highest BCUT2D eigenvalue weighted by Crippen LogP contribution is 2.27. The van der Waals surface area contributed by atoms with Crippen LogP contribution in [0.15, 0.2) is 96.1 Å². The molecule has 2 N–H and O–H groups in total. The van der Waals surface area contributed by atoms with Gasteiger partial charge in [0.15, 0.2) is 0 Å². The Morgan fingerprint density at radius 3 is 2.48 bits per heavy atom. The summed E-state index contributed by atoms with van der Waals surface area (Å²) in [5, 5.41) is 8.51. The van der Waals surface area contributed by atoms with Gasteiger partial charge in [-0.25, -0.2) is 5.43 Å². The standard InChI is InChI=1S/C27H23N3O3/c1-19-8-7-12-22(16-19)29-26(31)27(32)30-28-17-24-23-13-6-5-11-21(23)14-15-25(24)33-18-20-9-3-2-4-10-20/h2-17H,18H2,1H3,(H,29,31)(H,30,32)/b28-17-. The fraction of sp³-hybridized carbons (Fsp3) is 0.0741. The van der Waals surface area contributed by atoms with Gasteiger partial charge in [-0.05, 0) is 47.0 Å². The van der Waals surface area contributed by atoms with E-state index in [1.54, 1.807) is 18.2 Å². The van der Waals surface area contributed by atoms with E-state index < -0.39 is 11.8 Å². The smallest absolute Gasteiger partial charge is 0.329 e. The van der Waals surface area contributed by atoms with Gasteiger partial charge in [0.05, 0.1) is 6.21 Å². The summed E-state index contributed by atoms with van der Waals surface area (Å²) < 4.78 is 6.04. The SMILES string of the molecule is Cc1cccc(NC(=O)C(=O)N/N=C\c2c(OCc3ccccc3)ccc3ccccc23)c1. The predicted octanol–water partition coefficient (Wildman–Crippen LogP) is 4.82. The minimum atomic E-state index is -0.861. The van der Waals surface area contributed by atoms with Crippen LogP contribution < -0.4 is 15.5 Å². The number of benzene rings is 4. The number of ether oxygens (including phenoxy) is 1. The highest BCUT2D eigenvalue weighted by molar-refractivity contribution is 6.39. The normalized spacial score (nSPS) is 10.8. The fourth-order valence-electron chi connectivity index (χ4n) is 3.39. The molecular weight excluding hydrogens is 414 g/mol. The molecule has 4 rings (SSSR count). The van der Waals surface area contributed by atoms with Gasteiger partial charge in [0, 0.05) is 11.3 Å². The summed E-state index contributed by atoms with van der Waals surface area (Å²) in [6.45, 7) is 2.30. The minimum absolute atomic E-state index is 0.394. The molecule has 0 aromatic heterocycles. The van der Waals surface area contributed by atoms with Crippen molar-refractivity contribution in [1.82, 2.24) is 5.43 Å². The number of carbonyl (C=O) groups is 2. The Labute approximate surface area is 191 Å². The molecule has 4 aromatic rings. The first kappa shape index (κ1) is 21.8. The lowest BCUT2D eigenvalue weighted by Gasteiger charge is -2.12. The molecule has 0 unspecified atom stereocenters. The van der Waals surface area contributed by atoms with Crippen molar-refractivity contribution in [2.75, 3.05) is 5.32 Å². The minimum Gasteiger partial charge on any atom is -0.488 e. The number of anilines is 1. The lowest BCUT2D eigenvalue weighted by Crippen LogP contribution is -2.32. The van der Waals surface area contributed by atoms with Crippen LogP contribution in [0.1, 0.15) is 16.7 Å². The Kier molecular flexibility index (Phi) is 6.75. The molecule has 33 heavy (non-hydrogen) atoms. The van der Waals surface area contributed by atoms with Gasteiger partial charge >= 0.3 is 11.8 Å². The molecule has 0 spiro atoms. The van der Waals surface area contributed by atoms with Gasteiger partial charge in [-0.15, -0.1) is 0 Å². The molecule has 2 amide bonds. The number of amides is 2. The lowest BCUT2D eigenvalue weighted by atomic mass is 10.0. The number of hydrazone groups is 1. The zero-order valence-corrected chi connectivity index (χ0v) is 18.1. The van der Waals surface area contributed by atoms with Crippen LogP contribution in [0.5, 0.6) is 5.75 Å². The Morgan fingerprint density at radius 2 is 1.67 bits per heavy atom. The average Bonchev–Trinajstić information content (AvgIpc) is 2.84. The van der Waals surface area contributed by atoms with Crippen LogP contribution in [-0.4, -0.2) is 18.0 Å². The first-order valence-electron chi connectivity index (χ1n) is 10.5. The van der Waals surface area contributed by atoms with Crippen molar-refractivity contribution in [3.8, 4) is 5.75 Å². The number of hydrogen-bond acceptors (Lipinski definition) is 4. The number of carbonyl (C=O) groups excluding carboxylic acids is 2. The third-order valence-electron chi connectivity index (χ3n) is 5.01. The zero-order valence-electron chi connectivity index (χ0n) is 18.1. The third-order valence-corrected chi connectivity index (χ3v) is 5.01. The second kappa shape index (κ2) is 10.2. The molecule has 0 atom stereocenters. The quantitative estimate of drug-likeness (QED) is 0.258. The van der Waals surface area contributed by atoms with E-state index >= 15 is 0 Å². The van der Waals surface area contributed by atoms with Gasteiger partial charge in [-0.3, -0.25) is 9.59 Å². The summed E-state index contributed by atoms with van der Waals surface area (Å²) in [7, 11) is 0. The maximum absolute atomic E-state index is 12.2. The molecule has 164 valence electrons. The lowest BCUT2D eigenvalue weighted by molar-refractivity contribution is -0.136. The van der Waals surface area contributed by atoms with E-state index in [1.807, 2.05) is 79.7 Å². The summed E-state index contributed by atoms with van der Waals surface area (Å²) in [4.78, 5) is 24.4. The average molecular weight is 437 g/mol. The van der Waals surface area contributed by atoms with Crippen LogP contribution in [-0.2, 0) is 16.2 Å². The van der Waals surface area contributed by atoms with Crippen LogP contribution in [0, 0.1) is 6.92 Å². The Balaban J connectivity index is 1.50. The molecule has 0 bridgehead atoms. The molecule has 6 nitrogen and oxygen atoms in total. The van der Waals surface area contributed by atoms with E-state index in [0.29, 0.717) is 23.6 Å². The molecule has 0 radical (unpaired) electrons. The van der Waals surface area contributed by atoms with Crippen molar-refractivity contribution in [3.63, 3.8) is 0 Å². The number of fused-ring (bicyclic) bond motifs is 1. The summed E-state index contributed by atoms with van der Waals surface area (Å²) in [6.07, 6.45) is 1.50. The van der Waals surface area contributed by atoms with Gasteiger partial charge < -0.3 is 10.1 Å². The van der Waals surface area contributed by atoms with E-state index in [9.17, 15) is 9.59 Å². The van der Waals surface area contributed by atoms with E-state index in [1.165, 1.54) is 6.21 Å². The third kappa shape index (κ3) is 5.62. The highest BCUT2D eigenvalue weighted by atomic mass is 16.5. The van der Waals surface area contributed by atoms with Gasteiger partial charge in [-0.2, -0.15) is 5.10 Å². The predicted molar refractivity (Wildman–Crippen MR) is 130 cm³/mol. The Bertz CT molecular complexity index is 1320. The van der Waals surface area contributed by atoms with Gasteiger partial charge in [0.2, 0.25) is 0 Å². The van der Waals surface area contributed by atoms with Gasteiger partial charge in [-0.1, -0.05) is 72.8 Å². The summed E-state index contributed by atoms with van der Waals surface area (Å²) >= 11 is 0. The summed E-state index contributed by atoms with van der Waals surface area (Å²) in [6, 6.07) is 28.7. The number of aryl methyl sites for hydroxylation is 1. The van der Waals surface area contributed by atoms with E-state index in [-0.39, 0.29) is 0 Å². The van der Waals surface area contributed by atoms with Crippen molar-refractivity contribution < 1.29 is 14.3 Å². The zero-order chi connectivity index (χ0) is 23.0. The van der Waals surface area contributed by atoms with E-state index in [0.717, 1.165) is 21.9 Å². The molecule has 4 aromatic carbocycles. The molecule has 0 saturated heterocycles. The fourth-order valence-corrected chi connectivity index (χ4v) is 3.39. The number of rotatable bonds is 6. The van der Waals surface area contributed by atoms with Gasteiger partial charge in [0.25, 0.3) is 0 Å². The molecule has 0 aliphatic heterocycles. The number of nitrogens with one attached hydrogen (secondary N) is 2. The van der Waals surface area contributed by atoms with Crippen LogP contribution in [0.4, 0.5) is 5.69 Å². The van der Waals surface area contributed by atoms with Crippen molar-refractivity contribution in [1.29, 1.82) is 0 Å². The van der Waals surface area contributed by atoms with E-state index in [4.69, 9.17) is 4.74 Å². The second-order valence-corrected chi connectivity index (χ2v) is 7.50. The first-order valence-corrected chi connectivity index (χ1v) is 10.5. The molecule has 0 aliphatic rings. The van der Waals surface area contributed by atoms with Crippen LogP contribution in [0.25, 0.3) is 10.8 Å². The molecule has 0 saturated carbocycles. The Morgan fingerprint density at radius 1 is 0.879 bits per heavy atom. The Hall–Kier alpha value is -4.45. The largest absolute Gasteiger partial charge is 0.488 e. The number of hydrogen-bond donors (Lipinski definition) is 2. The molecule has 6 heteroatoms. The van der Waals surface area contributed by atoms with Crippen molar-refractivity contribution in [2.45, 2.75) is 13.5 Å².